The molecule has 3 nitrogen and oxygen atoms in total. The average molecular weight is 289 g/mol. The molecule has 0 aliphatic rings. The van der Waals surface area contributed by atoms with E-state index in [4.69, 9.17) is 0 Å². The molecule has 0 amide bonds. The van der Waals surface area contributed by atoms with Crippen molar-refractivity contribution in [2.24, 2.45) is 0 Å². The molecular weight excluding hydrogens is 275 g/mol. The summed E-state index contributed by atoms with van der Waals surface area (Å²) in [6.45, 7) is 4.56. The highest BCUT2D eigenvalue weighted by Crippen LogP contribution is 2.30. The third kappa shape index (κ3) is 3.56. The number of aryl methyl sites for hydroxylation is 1. The lowest BCUT2D eigenvalue weighted by atomic mass is 10.3. The minimum absolute atomic E-state index is 0.180. The molecule has 0 aromatic carbocycles. The van der Waals surface area contributed by atoms with Crippen molar-refractivity contribution in [1.29, 1.82) is 0 Å². The van der Waals surface area contributed by atoms with E-state index in [1.54, 1.807) is 0 Å². The van der Waals surface area contributed by atoms with Crippen molar-refractivity contribution in [3.63, 3.8) is 0 Å². The zero-order valence-electron chi connectivity index (χ0n) is 10.6. The standard InChI is InChI=1S/C12H14F3N3S/c1-3-4-16-10-8-5-7(2)19-11(8)18-9(17-10)6-12(13,14)15/h5H,3-4,6H2,1-2H3,(H,16,17,18). The van der Waals surface area contributed by atoms with E-state index in [0.717, 1.165) is 16.7 Å². The van der Waals surface area contributed by atoms with E-state index in [1.807, 2.05) is 19.9 Å². The van der Waals surface area contributed by atoms with Crippen LogP contribution in [0.2, 0.25) is 0 Å². The number of rotatable bonds is 4. The maximum Gasteiger partial charge on any atom is 0.396 e. The Kier molecular flexibility index (Phi) is 3.93. The van der Waals surface area contributed by atoms with E-state index in [1.165, 1.54) is 11.3 Å². The second kappa shape index (κ2) is 5.32. The van der Waals surface area contributed by atoms with Crippen molar-refractivity contribution in [1.82, 2.24) is 9.97 Å². The smallest absolute Gasteiger partial charge is 0.369 e. The van der Waals surface area contributed by atoms with E-state index in [0.29, 0.717) is 17.2 Å². The molecule has 2 rings (SSSR count). The van der Waals surface area contributed by atoms with Crippen LogP contribution in [0.1, 0.15) is 24.0 Å². The van der Waals surface area contributed by atoms with Gasteiger partial charge < -0.3 is 5.32 Å². The predicted molar refractivity (Wildman–Crippen MR) is 70.7 cm³/mol. The second-order valence-corrected chi connectivity index (χ2v) is 5.52. The molecule has 2 heterocycles. The first-order valence-electron chi connectivity index (χ1n) is 5.96. The molecule has 0 saturated heterocycles. The fourth-order valence-electron chi connectivity index (χ4n) is 1.72. The van der Waals surface area contributed by atoms with E-state index in [-0.39, 0.29) is 5.82 Å². The number of alkyl halides is 3. The summed E-state index contributed by atoms with van der Waals surface area (Å²) in [5.74, 6) is 0.316. The van der Waals surface area contributed by atoms with Gasteiger partial charge in [0.15, 0.2) is 0 Å². The lowest BCUT2D eigenvalue weighted by Gasteiger charge is -2.09. The minimum atomic E-state index is -4.29. The van der Waals surface area contributed by atoms with E-state index >= 15 is 0 Å². The van der Waals surface area contributed by atoms with Gasteiger partial charge in [-0.2, -0.15) is 13.2 Å². The molecule has 0 radical (unpaired) electrons. The van der Waals surface area contributed by atoms with Crippen LogP contribution in [-0.2, 0) is 6.42 Å². The summed E-state index contributed by atoms with van der Waals surface area (Å²) in [7, 11) is 0. The summed E-state index contributed by atoms with van der Waals surface area (Å²) < 4.78 is 37.3. The summed E-state index contributed by atoms with van der Waals surface area (Å²) in [5, 5.41) is 3.86. The number of hydrogen-bond acceptors (Lipinski definition) is 4. The highest BCUT2D eigenvalue weighted by Gasteiger charge is 2.30. The lowest BCUT2D eigenvalue weighted by molar-refractivity contribution is -0.128. The number of anilines is 1. The monoisotopic (exact) mass is 289 g/mol. The molecule has 104 valence electrons. The van der Waals surface area contributed by atoms with Gasteiger partial charge in [-0.15, -0.1) is 11.3 Å². The third-order valence-corrected chi connectivity index (χ3v) is 3.41. The van der Waals surface area contributed by atoms with Gasteiger partial charge in [0.25, 0.3) is 0 Å². The lowest BCUT2D eigenvalue weighted by Crippen LogP contribution is -2.15. The quantitative estimate of drug-likeness (QED) is 0.926. The summed E-state index contributed by atoms with van der Waals surface area (Å²) >= 11 is 1.38. The summed E-state index contributed by atoms with van der Waals surface area (Å²) in [5.41, 5.74) is 0. The molecule has 0 saturated carbocycles. The van der Waals surface area contributed by atoms with Crippen LogP contribution in [0.5, 0.6) is 0 Å². The molecule has 2 aromatic rings. The molecule has 0 unspecified atom stereocenters. The largest absolute Gasteiger partial charge is 0.396 e. The highest BCUT2D eigenvalue weighted by atomic mass is 32.1. The Morgan fingerprint density at radius 3 is 2.68 bits per heavy atom. The maximum absolute atomic E-state index is 12.4. The molecule has 2 aromatic heterocycles. The van der Waals surface area contributed by atoms with Crippen LogP contribution in [0.3, 0.4) is 0 Å². The molecule has 0 spiro atoms. The van der Waals surface area contributed by atoms with Crippen LogP contribution in [0, 0.1) is 6.92 Å². The second-order valence-electron chi connectivity index (χ2n) is 4.28. The molecule has 7 heteroatoms. The topological polar surface area (TPSA) is 37.8 Å². The van der Waals surface area contributed by atoms with Gasteiger partial charge in [-0.25, -0.2) is 9.97 Å². The van der Waals surface area contributed by atoms with Gasteiger partial charge in [-0.3, -0.25) is 0 Å². The van der Waals surface area contributed by atoms with Crippen molar-refractivity contribution in [3.05, 3.63) is 16.8 Å². The van der Waals surface area contributed by atoms with Gasteiger partial charge in [0.1, 0.15) is 22.9 Å². The molecule has 19 heavy (non-hydrogen) atoms. The molecule has 1 N–H and O–H groups in total. The minimum Gasteiger partial charge on any atom is -0.369 e. The molecule has 0 fully saturated rings. The number of nitrogens with one attached hydrogen (secondary N) is 1. The fourth-order valence-corrected chi connectivity index (χ4v) is 2.62. The Balaban J connectivity index is 2.43. The van der Waals surface area contributed by atoms with Gasteiger partial charge in [0, 0.05) is 11.4 Å². The first kappa shape index (κ1) is 14.0. The summed E-state index contributed by atoms with van der Waals surface area (Å²) in [6.07, 6.45) is -4.51. The van der Waals surface area contributed by atoms with Crippen molar-refractivity contribution < 1.29 is 13.2 Å². The van der Waals surface area contributed by atoms with E-state index in [2.05, 4.69) is 15.3 Å². The first-order chi connectivity index (χ1) is 8.89. The normalized spacial score (nSPS) is 12.1. The zero-order valence-corrected chi connectivity index (χ0v) is 11.5. The van der Waals surface area contributed by atoms with Crippen LogP contribution in [0.4, 0.5) is 19.0 Å². The van der Waals surface area contributed by atoms with Crippen molar-refractivity contribution in [3.8, 4) is 0 Å². The van der Waals surface area contributed by atoms with Gasteiger partial charge in [0.2, 0.25) is 0 Å². The maximum atomic E-state index is 12.4. The number of hydrogen-bond donors (Lipinski definition) is 1. The van der Waals surface area contributed by atoms with Crippen molar-refractivity contribution in [2.45, 2.75) is 32.9 Å². The molecule has 0 aliphatic carbocycles. The van der Waals surface area contributed by atoms with E-state index in [9.17, 15) is 13.2 Å². The van der Waals surface area contributed by atoms with Crippen LogP contribution in [-0.4, -0.2) is 22.7 Å². The van der Waals surface area contributed by atoms with Gasteiger partial charge in [0.05, 0.1) is 5.39 Å². The Hall–Kier alpha value is -1.37. The van der Waals surface area contributed by atoms with Crippen molar-refractivity contribution >= 4 is 27.4 Å². The molecule has 0 atom stereocenters. The summed E-state index contributed by atoms with van der Waals surface area (Å²) in [6, 6.07) is 1.90. The van der Waals surface area contributed by atoms with Gasteiger partial charge in [-0.1, -0.05) is 6.92 Å². The number of nitrogens with zero attached hydrogens (tertiary/aromatic N) is 2. The van der Waals surface area contributed by atoms with Crippen LogP contribution in [0.25, 0.3) is 10.2 Å². The Morgan fingerprint density at radius 1 is 1.32 bits per heavy atom. The number of halogens is 3. The Labute approximate surface area is 112 Å². The first-order valence-corrected chi connectivity index (χ1v) is 6.78. The highest BCUT2D eigenvalue weighted by molar-refractivity contribution is 7.18. The van der Waals surface area contributed by atoms with Crippen LogP contribution < -0.4 is 5.32 Å². The molecule has 0 aliphatic heterocycles. The van der Waals surface area contributed by atoms with Crippen LogP contribution in [0.15, 0.2) is 6.07 Å². The van der Waals surface area contributed by atoms with E-state index < -0.39 is 12.6 Å². The van der Waals surface area contributed by atoms with Crippen molar-refractivity contribution in [2.75, 3.05) is 11.9 Å². The Morgan fingerprint density at radius 2 is 2.05 bits per heavy atom. The van der Waals surface area contributed by atoms with Gasteiger partial charge >= 0.3 is 6.18 Å². The zero-order chi connectivity index (χ0) is 14.0. The predicted octanol–water partition coefficient (Wildman–Crippen LogP) is 3.93. The van der Waals surface area contributed by atoms with Crippen LogP contribution >= 0.6 is 11.3 Å². The summed E-state index contributed by atoms with van der Waals surface area (Å²) in [4.78, 5) is 9.61. The third-order valence-electron chi connectivity index (χ3n) is 2.46. The fraction of sp³-hybridized carbons (Fsp3) is 0.500. The molecular formula is C12H14F3N3S. The number of aromatic nitrogens is 2. The SMILES string of the molecule is CCCNc1nc(CC(F)(F)F)nc2sc(C)cc12. The average Bonchev–Trinajstić information content (AvgIpc) is 2.64. The molecule has 0 bridgehead atoms. The Bertz CT molecular complexity index is 577. The van der Waals surface area contributed by atoms with Gasteiger partial charge in [-0.05, 0) is 19.4 Å². The number of thiophene rings is 1. The number of fused-ring (bicyclic) bond motifs is 1.